The van der Waals surface area contributed by atoms with E-state index in [2.05, 4.69) is 11.9 Å². The summed E-state index contributed by atoms with van der Waals surface area (Å²) in [5, 5.41) is 1.68. The van der Waals surface area contributed by atoms with Crippen LogP contribution < -0.4 is 10.5 Å². The van der Waals surface area contributed by atoms with E-state index in [1.165, 1.54) is 0 Å². The Morgan fingerprint density at radius 2 is 2.05 bits per heavy atom. The highest BCUT2D eigenvalue weighted by molar-refractivity contribution is 7.11. The molecule has 0 saturated heterocycles. The molecule has 0 radical (unpaired) electrons. The van der Waals surface area contributed by atoms with Gasteiger partial charge in [-0.3, -0.25) is 0 Å². The quantitative estimate of drug-likeness (QED) is 0.882. The number of hydrogen-bond donors (Lipinski definition) is 1. The van der Waals surface area contributed by atoms with Gasteiger partial charge in [0.1, 0.15) is 17.4 Å². The highest BCUT2D eigenvalue weighted by Crippen LogP contribution is 2.22. The third-order valence-electron chi connectivity index (χ3n) is 2.67. The number of hydrogen-bond acceptors (Lipinski definition) is 4. The van der Waals surface area contributed by atoms with E-state index in [1.54, 1.807) is 11.3 Å². The normalized spacial score (nSPS) is 10.7. The Kier molecular flexibility index (Phi) is 5.19. The van der Waals surface area contributed by atoms with E-state index in [1.807, 2.05) is 24.3 Å². The standard InChI is InChI=1S/C14H17ClN2OS/c1-2-3-12-13(8-16)19-14(17-12)9-18-11-6-4-10(15)5-7-11/h4-7H,2-3,8-9,16H2,1H3. The zero-order valence-electron chi connectivity index (χ0n) is 10.9. The molecule has 0 unspecified atom stereocenters. The van der Waals surface area contributed by atoms with Crippen LogP contribution in [0.2, 0.25) is 5.02 Å². The summed E-state index contributed by atoms with van der Waals surface area (Å²) in [7, 11) is 0. The Bertz CT molecular complexity index is 525. The predicted octanol–water partition coefficient (Wildman–Crippen LogP) is 3.79. The molecule has 2 aromatic rings. The molecule has 1 heterocycles. The van der Waals surface area contributed by atoms with Crippen LogP contribution in [0.15, 0.2) is 24.3 Å². The first-order valence-electron chi connectivity index (χ1n) is 6.28. The molecule has 3 nitrogen and oxygen atoms in total. The van der Waals surface area contributed by atoms with Crippen LogP contribution in [0.4, 0.5) is 0 Å². The molecule has 0 spiro atoms. The van der Waals surface area contributed by atoms with Crippen molar-refractivity contribution in [2.75, 3.05) is 0 Å². The molecule has 102 valence electrons. The zero-order chi connectivity index (χ0) is 13.7. The van der Waals surface area contributed by atoms with Crippen LogP contribution in [-0.4, -0.2) is 4.98 Å². The maximum absolute atomic E-state index is 5.83. The van der Waals surface area contributed by atoms with Gasteiger partial charge in [-0.05, 0) is 30.7 Å². The maximum atomic E-state index is 5.83. The maximum Gasteiger partial charge on any atom is 0.140 e. The Morgan fingerprint density at radius 1 is 1.32 bits per heavy atom. The zero-order valence-corrected chi connectivity index (χ0v) is 12.4. The summed E-state index contributed by atoms with van der Waals surface area (Å²) < 4.78 is 5.69. The van der Waals surface area contributed by atoms with Crippen LogP contribution in [0.3, 0.4) is 0 Å². The van der Waals surface area contributed by atoms with E-state index in [4.69, 9.17) is 22.1 Å². The molecule has 5 heteroatoms. The van der Waals surface area contributed by atoms with Crippen LogP contribution in [0.5, 0.6) is 5.75 Å². The van der Waals surface area contributed by atoms with Gasteiger partial charge in [0.15, 0.2) is 0 Å². The summed E-state index contributed by atoms with van der Waals surface area (Å²) in [6.45, 7) is 3.17. The van der Waals surface area contributed by atoms with Gasteiger partial charge in [0, 0.05) is 16.4 Å². The molecule has 0 amide bonds. The summed E-state index contributed by atoms with van der Waals surface area (Å²) in [6.07, 6.45) is 2.05. The fraction of sp³-hybridized carbons (Fsp3) is 0.357. The van der Waals surface area contributed by atoms with Gasteiger partial charge in [0.25, 0.3) is 0 Å². The van der Waals surface area contributed by atoms with E-state index in [-0.39, 0.29) is 0 Å². The molecule has 0 atom stereocenters. The van der Waals surface area contributed by atoms with Crippen molar-refractivity contribution in [3.05, 3.63) is 44.9 Å². The number of nitrogens with zero attached hydrogens (tertiary/aromatic N) is 1. The summed E-state index contributed by atoms with van der Waals surface area (Å²) in [4.78, 5) is 5.75. The first-order chi connectivity index (χ1) is 9.22. The Labute approximate surface area is 122 Å². The van der Waals surface area contributed by atoms with Crippen LogP contribution in [0, 0.1) is 0 Å². The monoisotopic (exact) mass is 296 g/mol. The van der Waals surface area contributed by atoms with Gasteiger partial charge >= 0.3 is 0 Å². The Morgan fingerprint density at radius 3 is 2.68 bits per heavy atom. The molecule has 2 rings (SSSR count). The van der Waals surface area contributed by atoms with E-state index in [0.29, 0.717) is 18.2 Å². The van der Waals surface area contributed by atoms with Crippen molar-refractivity contribution in [1.82, 2.24) is 4.98 Å². The fourth-order valence-electron chi connectivity index (χ4n) is 1.77. The number of rotatable bonds is 6. The molecule has 19 heavy (non-hydrogen) atoms. The topological polar surface area (TPSA) is 48.1 Å². The molecular formula is C14H17ClN2OS. The molecule has 1 aromatic heterocycles. The van der Waals surface area contributed by atoms with Gasteiger partial charge in [0.05, 0.1) is 5.69 Å². The number of thiazole rings is 1. The first kappa shape index (κ1) is 14.3. The summed E-state index contributed by atoms with van der Waals surface area (Å²) in [5.41, 5.74) is 6.85. The van der Waals surface area contributed by atoms with Crippen molar-refractivity contribution < 1.29 is 4.74 Å². The average Bonchev–Trinajstić information content (AvgIpc) is 2.81. The fourth-order valence-corrected chi connectivity index (χ4v) is 2.80. The highest BCUT2D eigenvalue weighted by Gasteiger charge is 2.09. The van der Waals surface area contributed by atoms with Crippen molar-refractivity contribution in [1.29, 1.82) is 0 Å². The van der Waals surface area contributed by atoms with Gasteiger partial charge in [-0.2, -0.15) is 0 Å². The van der Waals surface area contributed by atoms with E-state index < -0.39 is 0 Å². The SMILES string of the molecule is CCCc1nc(COc2ccc(Cl)cc2)sc1CN. The number of halogens is 1. The second kappa shape index (κ2) is 6.89. The molecule has 2 N–H and O–H groups in total. The number of aryl methyl sites for hydroxylation is 1. The molecule has 0 saturated carbocycles. The van der Waals surface area contributed by atoms with Crippen LogP contribution in [0.25, 0.3) is 0 Å². The van der Waals surface area contributed by atoms with E-state index in [0.717, 1.165) is 34.2 Å². The van der Waals surface area contributed by atoms with Gasteiger partial charge in [-0.15, -0.1) is 11.3 Å². The number of aromatic nitrogens is 1. The van der Waals surface area contributed by atoms with Gasteiger partial charge in [-0.1, -0.05) is 24.9 Å². The second-order valence-electron chi connectivity index (χ2n) is 4.17. The van der Waals surface area contributed by atoms with Crippen molar-refractivity contribution in [3.63, 3.8) is 0 Å². The molecule has 0 aliphatic heterocycles. The summed E-state index contributed by atoms with van der Waals surface area (Å²) in [6, 6.07) is 7.33. The smallest absolute Gasteiger partial charge is 0.140 e. The minimum atomic E-state index is 0.475. The third-order valence-corrected chi connectivity index (χ3v) is 4.02. The van der Waals surface area contributed by atoms with E-state index >= 15 is 0 Å². The van der Waals surface area contributed by atoms with Crippen molar-refractivity contribution in [2.45, 2.75) is 32.9 Å². The minimum absolute atomic E-state index is 0.475. The Balaban J connectivity index is 2.01. The lowest BCUT2D eigenvalue weighted by atomic mass is 10.2. The summed E-state index contributed by atoms with van der Waals surface area (Å²) in [5.74, 6) is 0.797. The molecule has 0 fully saturated rings. The lowest BCUT2D eigenvalue weighted by Gasteiger charge is -2.03. The van der Waals surface area contributed by atoms with Crippen molar-refractivity contribution in [3.8, 4) is 5.75 Å². The molecular weight excluding hydrogens is 280 g/mol. The molecule has 0 aliphatic carbocycles. The Hall–Kier alpha value is -1.10. The minimum Gasteiger partial charge on any atom is -0.486 e. The van der Waals surface area contributed by atoms with Crippen LogP contribution >= 0.6 is 22.9 Å². The van der Waals surface area contributed by atoms with Gasteiger partial charge in [0.2, 0.25) is 0 Å². The number of nitrogens with two attached hydrogens (primary N) is 1. The van der Waals surface area contributed by atoms with Gasteiger partial charge in [-0.25, -0.2) is 4.98 Å². The largest absolute Gasteiger partial charge is 0.486 e. The van der Waals surface area contributed by atoms with Crippen LogP contribution in [-0.2, 0) is 19.6 Å². The first-order valence-corrected chi connectivity index (χ1v) is 7.48. The van der Waals surface area contributed by atoms with Crippen molar-refractivity contribution >= 4 is 22.9 Å². The van der Waals surface area contributed by atoms with Crippen LogP contribution in [0.1, 0.15) is 28.9 Å². The molecule has 0 aliphatic rings. The summed E-state index contributed by atoms with van der Waals surface area (Å²) >= 11 is 7.46. The highest BCUT2D eigenvalue weighted by atomic mass is 35.5. The lowest BCUT2D eigenvalue weighted by molar-refractivity contribution is 0.305. The molecule has 0 bridgehead atoms. The van der Waals surface area contributed by atoms with Crippen molar-refractivity contribution in [2.24, 2.45) is 5.73 Å². The lowest BCUT2D eigenvalue weighted by Crippen LogP contribution is -1.98. The van der Waals surface area contributed by atoms with Gasteiger partial charge < -0.3 is 10.5 Å². The third kappa shape index (κ3) is 3.93. The number of ether oxygens (including phenoxy) is 1. The predicted molar refractivity (Wildman–Crippen MR) is 79.8 cm³/mol. The van der Waals surface area contributed by atoms with E-state index in [9.17, 15) is 0 Å². The number of benzene rings is 1. The molecule has 1 aromatic carbocycles. The second-order valence-corrected chi connectivity index (χ2v) is 5.78. The average molecular weight is 297 g/mol.